The van der Waals surface area contributed by atoms with Crippen LogP contribution in [-0.4, -0.2) is 38.6 Å². The van der Waals surface area contributed by atoms with Crippen LogP contribution in [-0.2, 0) is 26.7 Å². The molecule has 1 amide bonds. The van der Waals surface area contributed by atoms with Gasteiger partial charge in [0.1, 0.15) is 0 Å². The molecule has 2 aliphatic heterocycles. The fourth-order valence-corrected chi connectivity index (χ4v) is 4.13. The van der Waals surface area contributed by atoms with Crippen LogP contribution >= 0.6 is 0 Å². The average molecular weight is 352 g/mol. The predicted molar refractivity (Wildman–Crippen MR) is 102 cm³/mol. The number of nitrogens with zero attached hydrogens (tertiary/aromatic N) is 4. The number of rotatable bonds is 3. The van der Waals surface area contributed by atoms with E-state index in [-0.39, 0.29) is 5.91 Å². The van der Waals surface area contributed by atoms with Crippen LogP contribution in [0, 0.1) is 13.8 Å². The van der Waals surface area contributed by atoms with Gasteiger partial charge in [0.25, 0.3) is 5.91 Å². The minimum atomic E-state index is 0.119. The third-order valence-electron chi connectivity index (χ3n) is 5.91. The predicted octanol–water partition coefficient (Wildman–Crippen LogP) is 3.18. The van der Waals surface area contributed by atoms with Crippen molar-refractivity contribution in [2.75, 3.05) is 13.1 Å². The van der Waals surface area contributed by atoms with Crippen LogP contribution in [0.25, 0.3) is 0 Å². The summed E-state index contributed by atoms with van der Waals surface area (Å²) in [6, 6.07) is 5.99. The number of aromatic nitrogens is 2. The number of amides is 1. The maximum atomic E-state index is 13.0. The number of hydrogen-bond acceptors (Lipinski definition) is 3. The van der Waals surface area contributed by atoms with Gasteiger partial charge in [0.05, 0.1) is 24.5 Å². The second kappa shape index (κ2) is 6.88. The molecular formula is C21H28N4O. The Morgan fingerprint density at radius 1 is 1.08 bits per heavy atom. The largest absolute Gasteiger partial charge is 0.328 e. The molecule has 0 saturated carbocycles. The van der Waals surface area contributed by atoms with Crippen molar-refractivity contribution < 1.29 is 4.79 Å². The van der Waals surface area contributed by atoms with Crippen LogP contribution in [0.3, 0.4) is 0 Å². The first-order valence-electron chi connectivity index (χ1n) is 9.65. The lowest BCUT2D eigenvalue weighted by Gasteiger charge is -2.26. The molecule has 138 valence electrons. The Balaban J connectivity index is 1.52. The van der Waals surface area contributed by atoms with Crippen molar-refractivity contribution in [2.24, 2.45) is 7.05 Å². The van der Waals surface area contributed by atoms with E-state index in [0.717, 1.165) is 30.9 Å². The number of carbonyl (C=O) groups is 1. The van der Waals surface area contributed by atoms with Crippen LogP contribution in [0.2, 0.25) is 0 Å². The number of fused-ring (bicyclic) bond motifs is 1. The molecule has 1 saturated heterocycles. The zero-order valence-electron chi connectivity index (χ0n) is 16.1. The van der Waals surface area contributed by atoms with Crippen molar-refractivity contribution in [3.8, 4) is 0 Å². The van der Waals surface area contributed by atoms with Crippen molar-refractivity contribution in [3.63, 3.8) is 0 Å². The molecule has 4 rings (SSSR count). The van der Waals surface area contributed by atoms with E-state index in [1.54, 1.807) is 0 Å². The van der Waals surface area contributed by atoms with Crippen LogP contribution in [0.4, 0.5) is 0 Å². The number of benzene rings is 1. The molecule has 1 fully saturated rings. The van der Waals surface area contributed by atoms with Gasteiger partial charge < -0.3 is 4.90 Å². The summed E-state index contributed by atoms with van der Waals surface area (Å²) in [4.78, 5) is 17.4. The number of hydrogen-bond donors (Lipinski definition) is 0. The molecular weight excluding hydrogens is 324 g/mol. The highest BCUT2D eigenvalue weighted by molar-refractivity contribution is 5.94. The summed E-state index contributed by atoms with van der Waals surface area (Å²) in [6.07, 6.45) is 3.91. The van der Waals surface area contributed by atoms with E-state index >= 15 is 0 Å². The quantitative estimate of drug-likeness (QED) is 0.852. The fraction of sp³-hybridized carbons (Fsp3) is 0.524. The molecule has 2 aliphatic rings. The molecule has 26 heavy (non-hydrogen) atoms. The van der Waals surface area contributed by atoms with Gasteiger partial charge in [-0.15, -0.1) is 0 Å². The van der Waals surface area contributed by atoms with Gasteiger partial charge in [0.15, 0.2) is 0 Å². The van der Waals surface area contributed by atoms with E-state index in [1.165, 1.54) is 41.6 Å². The van der Waals surface area contributed by atoms with Crippen LogP contribution in [0.15, 0.2) is 18.2 Å². The van der Waals surface area contributed by atoms with E-state index in [0.29, 0.717) is 13.1 Å². The molecule has 0 N–H and O–H groups in total. The van der Waals surface area contributed by atoms with Crippen molar-refractivity contribution in [3.05, 3.63) is 51.8 Å². The summed E-state index contributed by atoms with van der Waals surface area (Å²) in [5, 5.41) is 4.76. The van der Waals surface area contributed by atoms with E-state index in [4.69, 9.17) is 5.10 Å². The number of aryl methyl sites for hydroxylation is 3. The first-order chi connectivity index (χ1) is 12.5. The third-order valence-corrected chi connectivity index (χ3v) is 5.91. The Labute approximate surface area is 155 Å². The summed E-state index contributed by atoms with van der Waals surface area (Å²) in [6.45, 7) is 8.71. The maximum absolute atomic E-state index is 13.0. The summed E-state index contributed by atoms with van der Waals surface area (Å²) < 4.78 is 1.97. The molecule has 1 aromatic heterocycles. The minimum absolute atomic E-state index is 0.119. The normalized spacial score (nSPS) is 17.6. The Bertz CT molecular complexity index is 833. The molecule has 2 aromatic rings. The van der Waals surface area contributed by atoms with Crippen molar-refractivity contribution in [1.82, 2.24) is 19.6 Å². The van der Waals surface area contributed by atoms with E-state index in [2.05, 4.69) is 18.7 Å². The van der Waals surface area contributed by atoms with Crippen LogP contribution < -0.4 is 0 Å². The maximum Gasteiger partial charge on any atom is 0.254 e. The highest BCUT2D eigenvalue weighted by atomic mass is 16.2. The number of likely N-dealkylation sites (tertiary alicyclic amines) is 1. The summed E-state index contributed by atoms with van der Waals surface area (Å²) in [5.74, 6) is 0.119. The van der Waals surface area contributed by atoms with Gasteiger partial charge in [0.2, 0.25) is 0 Å². The topological polar surface area (TPSA) is 41.4 Å². The highest BCUT2D eigenvalue weighted by Crippen LogP contribution is 2.28. The van der Waals surface area contributed by atoms with Gasteiger partial charge in [-0.2, -0.15) is 5.10 Å². The lowest BCUT2D eigenvalue weighted by atomic mass is 10.1. The van der Waals surface area contributed by atoms with Gasteiger partial charge >= 0.3 is 0 Å². The molecule has 0 radical (unpaired) electrons. The monoisotopic (exact) mass is 352 g/mol. The standard InChI is InChI=1S/C21H28N4O/c1-15-7-8-17(11-16(15)2)21(26)25-12-18-19(22-23(3)20(18)14-25)13-24-9-5-4-6-10-24/h7-8,11H,4-6,9-10,12-14H2,1-3H3. The molecule has 0 unspecified atom stereocenters. The third kappa shape index (κ3) is 3.16. The van der Waals surface area contributed by atoms with E-state index < -0.39 is 0 Å². The number of piperidine rings is 1. The molecule has 0 aliphatic carbocycles. The Morgan fingerprint density at radius 3 is 2.58 bits per heavy atom. The van der Waals surface area contributed by atoms with Crippen LogP contribution in [0.1, 0.15) is 57.7 Å². The van der Waals surface area contributed by atoms with Crippen molar-refractivity contribution >= 4 is 5.91 Å². The fourth-order valence-electron chi connectivity index (χ4n) is 4.13. The van der Waals surface area contributed by atoms with Crippen molar-refractivity contribution in [1.29, 1.82) is 0 Å². The lowest BCUT2D eigenvalue weighted by molar-refractivity contribution is 0.0747. The molecule has 5 nitrogen and oxygen atoms in total. The van der Waals surface area contributed by atoms with E-state index in [1.807, 2.05) is 34.8 Å². The first kappa shape index (κ1) is 17.3. The zero-order chi connectivity index (χ0) is 18.3. The minimum Gasteiger partial charge on any atom is -0.328 e. The van der Waals surface area contributed by atoms with Crippen molar-refractivity contribution in [2.45, 2.75) is 52.7 Å². The van der Waals surface area contributed by atoms with E-state index in [9.17, 15) is 4.79 Å². The van der Waals surface area contributed by atoms with Crippen LogP contribution in [0.5, 0.6) is 0 Å². The Hall–Kier alpha value is -2.14. The second-order valence-corrected chi connectivity index (χ2v) is 7.79. The highest BCUT2D eigenvalue weighted by Gasteiger charge is 2.31. The molecule has 3 heterocycles. The van der Waals surface area contributed by atoms with Gasteiger partial charge in [-0.05, 0) is 63.0 Å². The zero-order valence-corrected chi connectivity index (χ0v) is 16.1. The first-order valence-corrected chi connectivity index (χ1v) is 9.65. The van der Waals surface area contributed by atoms with Gasteiger partial charge in [-0.1, -0.05) is 12.5 Å². The SMILES string of the molecule is Cc1ccc(C(=O)N2Cc3c(CN4CCCCC4)nn(C)c3C2)cc1C. The number of carbonyl (C=O) groups excluding carboxylic acids is 1. The Morgan fingerprint density at radius 2 is 1.85 bits per heavy atom. The smallest absolute Gasteiger partial charge is 0.254 e. The van der Waals surface area contributed by atoms with Gasteiger partial charge in [-0.3, -0.25) is 14.4 Å². The summed E-state index contributed by atoms with van der Waals surface area (Å²) in [5.41, 5.74) is 6.77. The average Bonchev–Trinajstić information content (AvgIpc) is 3.19. The molecule has 1 aromatic carbocycles. The van der Waals surface area contributed by atoms with Gasteiger partial charge in [-0.25, -0.2) is 0 Å². The molecule has 5 heteroatoms. The lowest BCUT2D eigenvalue weighted by Crippen LogP contribution is -2.30. The van der Waals surface area contributed by atoms with Gasteiger partial charge in [0, 0.05) is 24.7 Å². The molecule has 0 spiro atoms. The summed E-state index contributed by atoms with van der Waals surface area (Å²) in [7, 11) is 2.00. The molecule has 0 bridgehead atoms. The second-order valence-electron chi connectivity index (χ2n) is 7.79. The summed E-state index contributed by atoms with van der Waals surface area (Å²) >= 11 is 0. The Kier molecular flexibility index (Phi) is 4.57. The molecule has 0 atom stereocenters.